The van der Waals surface area contributed by atoms with E-state index in [1.807, 2.05) is 22.9 Å². The maximum atomic E-state index is 12.3. The van der Waals surface area contributed by atoms with Crippen LogP contribution in [0.25, 0.3) is 16.9 Å². The van der Waals surface area contributed by atoms with Crippen LogP contribution in [0.3, 0.4) is 0 Å². The van der Waals surface area contributed by atoms with Crippen LogP contribution in [0.15, 0.2) is 59.1 Å². The molecule has 6 rings (SSSR count). The molecule has 2 saturated heterocycles. The van der Waals surface area contributed by atoms with Crippen LogP contribution < -0.4 is 10.2 Å². The number of pyridine rings is 1. The molecule has 0 aliphatic carbocycles. The van der Waals surface area contributed by atoms with Gasteiger partial charge in [-0.3, -0.25) is 9.47 Å². The van der Waals surface area contributed by atoms with Crippen molar-refractivity contribution >= 4 is 43.9 Å². The molecule has 3 aromatic heterocycles. The van der Waals surface area contributed by atoms with E-state index in [2.05, 4.69) is 78.7 Å². The van der Waals surface area contributed by atoms with Crippen LogP contribution in [0.4, 0.5) is 23.1 Å². The minimum absolute atomic E-state index is 0.447. The van der Waals surface area contributed by atoms with Gasteiger partial charge in [0, 0.05) is 96.2 Å². The monoisotopic (exact) mass is 587 g/mol. The summed E-state index contributed by atoms with van der Waals surface area (Å²) in [5.74, 6) is 1.66. The van der Waals surface area contributed by atoms with Gasteiger partial charge in [0.25, 0.3) is 0 Å². The quantitative estimate of drug-likeness (QED) is 0.333. The van der Waals surface area contributed by atoms with E-state index < -0.39 is 9.73 Å². The molecule has 2 aliphatic rings. The molecule has 0 saturated carbocycles. The molecule has 222 valence electrons. The van der Waals surface area contributed by atoms with Gasteiger partial charge in [-0.05, 0) is 68.8 Å². The minimum Gasteiger partial charge on any atom is -0.371 e. The van der Waals surface area contributed by atoms with E-state index in [0.717, 1.165) is 41.9 Å². The number of nitrogens with zero attached hydrogens (tertiary/aromatic N) is 8. The number of hydrogen-bond acceptors (Lipinski definition) is 9. The summed E-state index contributed by atoms with van der Waals surface area (Å²) in [6.07, 6.45) is 8.31. The van der Waals surface area contributed by atoms with Gasteiger partial charge in [-0.15, -0.1) is 0 Å². The summed E-state index contributed by atoms with van der Waals surface area (Å²) in [7, 11) is -0.101. The van der Waals surface area contributed by atoms with Gasteiger partial charge in [-0.1, -0.05) is 13.0 Å². The molecule has 0 atom stereocenters. The number of aryl methyl sites for hydroxylation is 1. The van der Waals surface area contributed by atoms with E-state index in [1.165, 1.54) is 44.7 Å². The number of hydrogen-bond donors (Lipinski definition) is 1. The van der Waals surface area contributed by atoms with Gasteiger partial charge in [0.2, 0.25) is 5.95 Å². The van der Waals surface area contributed by atoms with E-state index in [0.29, 0.717) is 23.6 Å². The molecule has 0 bridgehead atoms. The summed E-state index contributed by atoms with van der Waals surface area (Å²) in [6, 6.07) is 17.0. The first-order chi connectivity index (χ1) is 20.3. The van der Waals surface area contributed by atoms with Gasteiger partial charge < -0.3 is 15.1 Å². The van der Waals surface area contributed by atoms with Crippen LogP contribution in [-0.4, -0.2) is 98.4 Å². The fourth-order valence-electron chi connectivity index (χ4n) is 5.99. The lowest BCUT2D eigenvalue weighted by atomic mass is 10.0. The Morgan fingerprint density at radius 3 is 2.40 bits per heavy atom. The maximum Gasteiger partial charge on any atom is 0.229 e. The van der Waals surface area contributed by atoms with E-state index in [9.17, 15) is 4.21 Å². The van der Waals surface area contributed by atoms with E-state index in [-0.39, 0.29) is 0 Å². The predicted molar refractivity (Wildman–Crippen MR) is 172 cm³/mol. The minimum atomic E-state index is -2.32. The molecule has 10 nitrogen and oxygen atoms in total. The molecule has 4 aromatic rings. The second-order valence-electron chi connectivity index (χ2n) is 11.7. The van der Waals surface area contributed by atoms with Crippen LogP contribution in [0.1, 0.15) is 25.5 Å². The molecule has 1 N–H and O–H groups in total. The third-order valence-electron chi connectivity index (χ3n) is 8.25. The highest BCUT2D eigenvalue weighted by Crippen LogP contribution is 2.28. The molecule has 0 amide bonds. The number of piperidine rings is 1. The Labute approximate surface area is 249 Å². The van der Waals surface area contributed by atoms with Crippen molar-refractivity contribution in [2.45, 2.75) is 32.2 Å². The van der Waals surface area contributed by atoms with Crippen LogP contribution in [0.2, 0.25) is 0 Å². The number of rotatable bonds is 7. The van der Waals surface area contributed by atoms with Gasteiger partial charge in [0.1, 0.15) is 5.82 Å². The average molecular weight is 588 g/mol. The van der Waals surface area contributed by atoms with Crippen molar-refractivity contribution in [3.05, 3.63) is 60.4 Å². The molecule has 0 radical (unpaired) electrons. The standard InChI is InChI=1S/C31H41N9OS/c1-5-25-21-23-22-32-31(35-30(23)40(25)29-8-6-7-28(34-29)36-42(3,4)41)33-24-9-11-26(12-10-24)38-15-13-27(14-16-38)39-19-17-37(2)18-20-39/h6-12,21-22,27H,5,13-20H2,1-4H3,(H,32,33,35). The summed E-state index contributed by atoms with van der Waals surface area (Å²) in [5.41, 5.74) is 4.03. The Balaban J connectivity index is 1.17. The third kappa shape index (κ3) is 6.43. The van der Waals surface area contributed by atoms with Crippen molar-refractivity contribution in [1.29, 1.82) is 0 Å². The SMILES string of the molecule is CCc1cc2cnc(Nc3ccc(N4CCC(N5CCN(C)CC5)CC4)cc3)nc2n1-c1cccc(N=S(C)(C)=O)n1. The first kappa shape index (κ1) is 28.6. The number of nitrogens with one attached hydrogen (secondary N) is 1. The summed E-state index contributed by atoms with van der Waals surface area (Å²) < 4.78 is 18.6. The fourth-order valence-corrected chi connectivity index (χ4v) is 6.55. The summed E-state index contributed by atoms with van der Waals surface area (Å²) in [5, 5.41) is 4.32. The molecule has 11 heteroatoms. The van der Waals surface area contributed by atoms with Crippen LogP contribution in [0, 0.1) is 0 Å². The second-order valence-corrected chi connectivity index (χ2v) is 14.2. The van der Waals surface area contributed by atoms with Gasteiger partial charge >= 0.3 is 0 Å². The lowest BCUT2D eigenvalue weighted by Crippen LogP contribution is -2.52. The largest absolute Gasteiger partial charge is 0.371 e. The number of benzene rings is 1. The van der Waals surface area contributed by atoms with E-state index in [1.54, 1.807) is 18.6 Å². The number of anilines is 3. The van der Waals surface area contributed by atoms with E-state index in [4.69, 9.17) is 4.98 Å². The van der Waals surface area contributed by atoms with Crippen LogP contribution >= 0.6 is 0 Å². The summed E-state index contributed by atoms with van der Waals surface area (Å²) >= 11 is 0. The van der Waals surface area contributed by atoms with Crippen LogP contribution in [-0.2, 0) is 16.1 Å². The van der Waals surface area contributed by atoms with Crippen molar-refractivity contribution in [2.24, 2.45) is 4.36 Å². The highest BCUT2D eigenvalue weighted by molar-refractivity contribution is 7.92. The molecule has 42 heavy (non-hydrogen) atoms. The van der Waals surface area contributed by atoms with Gasteiger partial charge in [0.05, 0.1) is 0 Å². The van der Waals surface area contributed by atoms with Crippen molar-refractivity contribution in [2.75, 3.05) is 69.0 Å². The lowest BCUT2D eigenvalue weighted by molar-refractivity contribution is 0.0982. The molecule has 2 fully saturated rings. The van der Waals surface area contributed by atoms with Gasteiger partial charge in [-0.25, -0.2) is 14.2 Å². The number of aromatic nitrogens is 4. The molecule has 0 unspecified atom stereocenters. The molecule has 2 aliphatic heterocycles. The molecular formula is C31H41N9OS. The van der Waals surface area contributed by atoms with Crippen molar-refractivity contribution in [3.63, 3.8) is 0 Å². The summed E-state index contributed by atoms with van der Waals surface area (Å²) in [4.78, 5) is 21.8. The maximum absolute atomic E-state index is 12.3. The Morgan fingerprint density at radius 2 is 1.71 bits per heavy atom. The predicted octanol–water partition coefficient (Wildman–Crippen LogP) is 4.70. The topological polar surface area (TPSA) is 94.8 Å². The molecule has 1 aromatic carbocycles. The highest BCUT2D eigenvalue weighted by Gasteiger charge is 2.26. The van der Waals surface area contributed by atoms with Crippen molar-refractivity contribution < 1.29 is 4.21 Å². The smallest absolute Gasteiger partial charge is 0.229 e. The number of likely N-dealkylation sites (N-methyl/N-ethyl adjacent to an activating group) is 1. The fraction of sp³-hybridized carbons (Fsp3) is 0.452. The first-order valence-corrected chi connectivity index (χ1v) is 17.2. The molecule has 0 spiro atoms. The first-order valence-electron chi connectivity index (χ1n) is 14.8. The summed E-state index contributed by atoms with van der Waals surface area (Å²) in [6.45, 7) is 9.04. The average Bonchev–Trinajstić information content (AvgIpc) is 3.35. The molecular weight excluding hydrogens is 546 g/mol. The van der Waals surface area contributed by atoms with E-state index >= 15 is 0 Å². The highest BCUT2D eigenvalue weighted by atomic mass is 32.2. The third-order valence-corrected chi connectivity index (χ3v) is 8.88. The van der Waals surface area contributed by atoms with Gasteiger partial charge in [0.15, 0.2) is 11.5 Å². The molecule has 5 heterocycles. The number of piperazine rings is 1. The Hall–Kier alpha value is -3.54. The number of fused-ring (bicyclic) bond motifs is 1. The van der Waals surface area contributed by atoms with Crippen LogP contribution in [0.5, 0.6) is 0 Å². The second kappa shape index (κ2) is 12.0. The zero-order valence-electron chi connectivity index (χ0n) is 25.0. The zero-order valence-corrected chi connectivity index (χ0v) is 25.8. The van der Waals surface area contributed by atoms with Crippen molar-refractivity contribution in [1.82, 2.24) is 29.3 Å². The van der Waals surface area contributed by atoms with Gasteiger partial charge in [-0.2, -0.15) is 9.35 Å². The Kier molecular flexibility index (Phi) is 8.15. The zero-order chi connectivity index (χ0) is 29.3. The lowest BCUT2D eigenvalue weighted by Gasteiger charge is -2.42. The Morgan fingerprint density at radius 1 is 0.976 bits per heavy atom. The normalized spacial score (nSPS) is 17.6. The van der Waals surface area contributed by atoms with Crippen molar-refractivity contribution in [3.8, 4) is 5.82 Å². The Bertz CT molecular complexity index is 1650.